The lowest BCUT2D eigenvalue weighted by Crippen LogP contribution is -2.30. The van der Waals surface area contributed by atoms with Gasteiger partial charge in [0.2, 0.25) is 5.91 Å². The van der Waals surface area contributed by atoms with Crippen molar-refractivity contribution in [2.75, 3.05) is 11.9 Å². The molecular weight excluding hydrogens is 166 g/mol. The van der Waals surface area contributed by atoms with Gasteiger partial charge in [-0.1, -0.05) is 6.92 Å². The first-order chi connectivity index (χ1) is 6.20. The largest absolute Gasteiger partial charge is 0.300 e. The molecule has 0 fully saturated rings. The van der Waals surface area contributed by atoms with E-state index in [1.165, 1.54) is 0 Å². The fraction of sp³-hybridized carbons (Fsp3) is 0.556. The normalized spacial score (nSPS) is 22.8. The van der Waals surface area contributed by atoms with Crippen molar-refractivity contribution in [3.05, 3.63) is 12.3 Å². The zero-order chi connectivity index (χ0) is 9.42. The molecule has 0 bridgehead atoms. The molecule has 1 aliphatic rings. The monoisotopic (exact) mass is 179 g/mol. The van der Waals surface area contributed by atoms with Gasteiger partial charge in [0, 0.05) is 25.6 Å². The Bertz CT molecular complexity index is 331. The first kappa shape index (κ1) is 8.29. The number of aromatic nitrogens is 2. The van der Waals surface area contributed by atoms with E-state index in [4.69, 9.17) is 0 Å². The maximum Gasteiger partial charge on any atom is 0.230 e. The second kappa shape index (κ2) is 2.87. The van der Waals surface area contributed by atoms with Crippen LogP contribution in [-0.2, 0) is 11.3 Å². The molecule has 1 aliphatic heterocycles. The number of nitrogens with zero attached hydrogens (tertiary/aromatic N) is 3. The Morgan fingerprint density at radius 1 is 1.62 bits per heavy atom. The van der Waals surface area contributed by atoms with Crippen molar-refractivity contribution >= 4 is 11.7 Å². The van der Waals surface area contributed by atoms with Gasteiger partial charge in [0.15, 0.2) is 0 Å². The van der Waals surface area contributed by atoms with Gasteiger partial charge in [-0.05, 0) is 6.42 Å². The standard InChI is InChI=1S/C9H13N3O/c1-7-4-6-12-8(3-5-10-12)11(2)9(7)13/h3,5,7H,4,6H2,1-2H3. The van der Waals surface area contributed by atoms with Crippen LogP contribution in [0.1, 0.15) is 13.3 Å². The summed E-state index contributed by atoms with van der Waals surface area (Å²) in [5.41, 5.74) is 0. The molecule has 1 amide bonds. The van der Waals surface area contributed by atoms with Crippen molar-refractivity contribution < 1.29 is 4.79 Å². The zero-order valence-corrected chi connectivity index (χ0v) is 7.90. The van der Waals surface area contributed by atoms with Crippen molar-refractivity contribution in [2.45, 2.75) is 19.9 Å². The molecule has 1 atom stereocenters. The number of amides is 1. The van der Waals surface area contributed by atoms with Gasteiger partial charge in [-0.25, -0.2) is 4.68 Å². The number of carbonyl (C=O) groups is 1. The lowest BCUT2D eigenvalue weighted by atomic mass is 10.1. The van der Waals surface area contributed by atoms with E-state index in [-0.39, 0.29) is 11.8 Å². The van der Waals surface area contributed by atoms with Crippen molar-refractivity contribution in [2.24, 2.45) is 5.92 Å². The lowest BCUT2D eigenvalue weighted by Gasteiger charge is -2.16. The Kier molecular flexibility index (Phi) is 1.83. The summed E-state index contributed by atoms with van der Waals surface area (Å²) >= 11 is 0. The molecule has 1 unspecified atom stereocenters. The van der Waals surface area contributed by atoms with Gasteiger partial charge in [-0.3, -0.25) is 9.69 Å². The molecule has 0 radical (unpaired) electrons. The third-order valence-electron chi connectivity index (χ3n) is 2.56. The highest BCUT2D eigenvalue weighted by Gasteiger charge is 2.24. The fourth-order valence-electron chi connectivity index (χ4n) is 1.67. The van der Waals surface area contributed by atoms with Gasteiger partial charge in [-0.2, -0.15) is 5.10 Å². The second-order valence-corrected chi connectivity index (χ2v) is 3.50. The summed E-state index contributed by atoms with van der Waals surface area (Å²) in [4.78, 5) is 13.4. The fourth-order valence-corrected chi connectivity index (χ4v) is 1.67. The molecule has 0 spiro atoms. The Morgan fingerprint density at radius 3 is 3.15 bits per heavy atom. The molecule has 1 aromatic rings. The van der Waals surface area contributed by atoms with E-state index in [9.17, 15) is 4.79 Å². The molecule has 0 saturated carbocycles. The van der Waals surface area contributed by atoms with Crippen LogP contribution < -0.4 is 4.90 Å². The molecule has 13 heavy (non-hydrogen) atoms. The summed E-state index contributed by atoms with van der Waals surface area (Å²) in [6.45, 7) is 2.80. The van der Waals surface area contributed by atoms with Crippen LogP contribution in [0.2, 0.25) is 0 Å². The third kappa shape index (κ3) is 1.22. The average molecular weight is 179 g/mol. The molecule has 0 aliphatic carbocycles. The Balaban J connectivity index is 2.40. The minimum Gasteiger partial charge on any atom is -0.300 e. The number of anilines is 1. The summed E-state index contributed by atoms with van der Waals surface area (Å²) in [5.74, 6) is 1.18. The van der Waals surface area contributed by atoms with Gasteiger partial charge in [0.05, 0.1) is 6.20 Å². The third-order valence-corrected chi connectivity index (χ3v) is 2.56. The zero-order valence-electron chi connectivity index (χ0n) is 7.90. The summed E-state index contributed by atoms with van der Waals surface area (Å²) in [5, 5.41) is 4.16. The van der Waals surface area contributed by atoms with E-state index in [0.29, 0.717) is 0 Å². The molecule has 0 N–H and O–H groups in total. The van der Waals surface area contributed by atoms with Crippen LogP contribution in [0.5, 0.6) is 0 Å². The minimum absolute atomic E-state index is 0.103. The predicted octanol–water partition coefficient (Wildman–Crippen LogP) is 0.886. The summed E-state index contributed by atoms with van der Waals surface area (Å²) in [7, 11) is 1.80. The molecule has 4 heteroatoms. The van der Waals surface area contributed by atoms with Crippen molar-refractivity contribution in [3.63, 3.8) is 0 Å². The van der Waals surface area contributed by atoms with Crippen LogP contribution in [0.25, 0.3) is 0 Å². The Morgan fingerprint density at radius 2 is 2.38 bits per heavy atom. The van der Waals surface area contributed by atoms with Gasteiger partial charge in [0.25, 0.3) is 0 Å². The molecule has 0 aromatic carbocycles. The molecule has 2 rings (SSSR count). The van der Waals surface area contributed by atoms with E-state index in [2.05, 4.69) is 5.10 Å². The number of fused-ring (bicyclic) bond motifs is 1. The highest BCUT2D eigenvalue weighted by atomic mass is 16.2. The Labute approximate surface area is 77.1 Å². The van der Waals surface area contributed by atoms with E-state index in [0.717, 1.165) is 18.8 Å². The van der Waals surface area contributed by atoms with E-state index in [1.807, 2.05) is 17.7 Å². The maximum atomic E-state index is 11.7. The van der Waals surface area contributed by atoms with Gasteiger partial charge < -0.3 is 0 Å². The predicted molar refractivity (Wildman–Crippen MR) is 49.4 cm³/mol. The molecular formula is C9H13N3O. The maximum absolute atomic E-state index is 11.7. The quantitative estimate of drug-likeness (QED) is 0.593. The van der Waals surface area contributed by atoms with Gasteiger partial charge in [0.1, 0.15) is 5.82 Å². The SMILES string of the molecule is CC1CCn2nccc2N(C)C1=O. The Hall–Kier alpha value is -1.32. The smallest absolute Gasteiger partial charge is 0.230 e. The van der Waals surface area contributed by atoms with E-state index in [1.54, 1.807) is 18.1 Å². The van der Waals surface area contributed by atoms with E-state index >= 15 is 0 Å². The lowest BCUT2D eigenvalue weighted by molar-refractivity contribution is -0.121. The number of rotatable bonds is 0. The van der Waals surface area contributed by atoms with Gasteiger partial charge >= 0.3 is 0 Å². The number of hydrogen-bond donors (Lipinski definition) is 0. The van der Waals surface area contributed by atoms with Crippen molar-refractivity contribution in [3.8, 4) is 0 Å². The van der Waals surface area contributed by atoms with Crippen LogP contribution in [-0.4, -0.2) is 22.7 Å². The number of aryl methyl sites for hydroxylation is 1. The minimum atomic E-state index is 0.103. The average Bonchev–Trinajstić information content (AvgIpc) is 2.56. The molecule has 4 nitrogen and oxygen atoms in total. The van der Waals surface area contributed by atoms with Gasteiger partial charge in [-0.15, -0.1) is 0 Å². The van der Waals surface area contributed by atoms with Crippen LogP contribution in [0.15, 0.2) is 12.3 Å². The number of hydrogen-bond acceptors (Lipinski definition) is 2. The summed E-state index contributed by atoms with van der Waals surface area (Å²) < 4.78 is 1.88. The van der Waals surface area contributed by atoms with Crippen LogP contribution in [0.3, 0.4) is 0 Å². The highest BCUT2D eigenvalue weighted by molar-refractivity contribution is 5.93. The molecule has 0 saturated heterocycles. The van der Waals surface area contributed by atoms with Crippen molar-refractivity contribution in [1.82, 2.24) is 9.78 Å². The summed E-state index contributed by atoms with van der Waals surface area (Å²) in [6.07, 6.45) is 2.60. The first-order valence-electron chi connectivity index (χ1n) is 4.49. The molecule has 1 aromatic heterocycles. The molecule has 70 valence electrons. The van der Waals surface area contributed by atoms with Crippen molar-refractivity contribution in [1.29, 1.82) is 0 Å². The topological polar surface area (TPSA) is 38.1 Å². The molecule has 2 heterocycles. The van der Waals surface area contributed by atoms with Crippen LogP contribution in [0, 0.1) is 5.92 Å². The van der Waals surface area contributed by atoms with E-state index < -0.39 is 0 Å². The second-order valence-electron chi connectivity index (χ2n) is 3.50. The van der Waals surface area contributed by atoms with Crippen LogP contribution in [0.4, 0.5) is 5.82 Å². The summed E-state index contributed by atoms with van der Waals surface area (Å²) in [6, 6.07) is 1.87. The first-order valence-corrected chi connectivity index (χ1v) is 4.49. The van der Waals surface area contributed by atoms with Crippen LogP contribution >= 0.6 is 0 Å². The highest BCUT2D eigenvalue weighted by Crippen LogP contribution is 2.21. The number of carbonyl (C=O) groups excluding carboxylic acids is 1.